The number of carbonyl (C=O) groups excluding carboxylic acids is 1. The fraction of sp³-hybridized carbons (Fsp3) is 0. The third kappa shape index (κ3) is 3.06. The molecule has 2 rings (SSSR count). The first-order chi connectivity index (χ1) is 10.4. The fourth-order valence-electron chi connectivity index (χ4n) is 1.90. The molecule has 6 heteroatoms. The number of carboxylic acids is 1. The maximum atomic E-state index is 12.1. The van der Waals surface area contributed by atoms with Crippen molar-refractivity contribution >= 4 is 23.5 Å². The number of allylic oxidation sites excluding steroid dienone is 1. The van der Waals surface area contributed by atoms with Gasteiger partial charge in [0.25, 0.3) is 0 Å². The van der Waals surface area contributed by atoms with Crippen LogP contribution in [0.2, 0.25) is 0 Å². The smallest absolute Gasteiger partial charge is 0.337 e. The van der Waals surface area contributed by atoms with E-state index in [1.54, 1.807) is 18.2 Å². The maximum Gasteiger partial charge on any atom is 0.337 e. The number of aromatic carboxylic acids is 1. The summed E-state index contributed by atoms with van der Waals surface area (Å²) in [6.45, 7) is 0. The molecule has 0 bridgehead atoms. The van der Waals surface area contributed by atoms with Gasteiger partial charge >= 0.3 is 5.97 Å². The molecule has 0 fully saturated rings. The molecule has 0 aliphatic carbocycles. The van der Waals surface area contributed by atoms with Gasteiger partial charge in [0.15, 0.2) is 5.78 Å². The molecule has 2 aromatic carbocycles. The Morgan fingerprint density at radius 3 is 2.32 bits per heavy atom. The van der Waals surface area contributed by atoms with Crippen molar-refractivity contribution in [1.29, 1.82) is 0 Å². The number of anilines is 1. The summed E-state index contributed by atoms with van der Waals surface area (Å²) in [6, 6.07) is 8.47. The molecule has 22 heavy (non-hydrogen) atoms. The van der Waals surface area contributed by atoms with Crippen molar-refractivity contribution < 1.29 is 24.9 Å². The number of carbonyl (C=O) groups is 2. The first-order valence-electron chi connectivity index (χ1n) is 6.26. The van der Waals surface area contributed by atoms with Gasteiger partial charge in [-0.05, 0) is 30.4 Å². The Morgan fingerprint density at radius 1 is 1.05 bits per heavy atom. The lowest BCUT2D eigenvalue weighted by molar-refractivity contribution is 0.0697. The average Bonchev–Trinajstić information content (AvgIpc) is 2.47. The number of rotatable bonds is 4. The van der Waals surface area contributed by atoms with Gasteiger partial charge in [0, 0.05) is 11.1 Å². The van der Waals surface area contributed by atoms with Crippen LogP contribution in [0.4, 0.5) is 5.69 Å². The van der Waals surface area contributed by atoms with Gasteiger partial charge in [0.1, 0.15) is 11.5 Å². The summed E-state index contributed by atoms with van der Waals surface area (Å²) in [5.74, 6) is -2.29. The minimum Gasteiger partial charge on any atom is -0.508 e. The van der Waals surface area contributed by atoms with Crippen molar-refractivity contribution in [1.82, 2.24) is 0 Å². The van der Waals surface area contributed by atoms with E-state index < -0.39 is 11.8 Å². The largest absolute Gasteiger partial charge is 0.508 e. The molecule has 0 saturated carbocycles. The van der Waals surface area contributed by atoms with Gasteiger partial charge in [-0.2, -0.15) is 0 Å². The first-order valence-corrected chi connectivity index (χ1v) is 6.26. The number of phenolic OH excluding ortho intramolecular Hbond substituents is 2. The van der Waals surface area contributed by atoms with Crippen LogP contribution in [-0.4, -0.2) is 27.1 Å². The maximum absolute atomic E-state index is 12.1. The molecule has 112 valence electrons. The van der Waals surface area contributed by atoms with Crippen molar-refractivity contribution in [3.05, 3.63) is 59.2 Å². The summed E-state index contributed by atoms with van der Waals surface area (Å²) < 4.78 is 0. The molecule has 0 aromatic heterocycles. The predicted octanol–water partition coefficient (Wildman–Crippen LogP) is 2.27. The molecule has 0 saturated heterocycles. The summed E-state index contributed by atoms with van der Waals surface area (Å²) in [6.07, 6.45) is 2.52. The van der Waals surface area contributed by atoms with E-state index in [0.29, 0.717) is 5.56 Å². The van der Waals surface area contributed by atoms with Crippen LogP contribution in [0.3, 0.4) is 0 Å². The van der Waals surface area contributed by atoms with Crippen LogP contribution in [0.25, 0.3) is 6.08 Å². The minimum absolute atomic E-state index is 0.00153. The van der Waals surface area contributed by atoms with Crippen molar-refractivity contribution in [2.24, 2.45) is 0 Å². The molecule has 0 aliphatic rings. The summed E-state index contributed by atoms with van der Waals surface area (Å²) in [5, 5.41) is 28.1. The first kappa shape index (κ1) is 15.1. The Bertz CT molecular complexity index is 780. The summed E-state index contributed by atoms with van der Waals surface area (Å²) in [7, 11) is 0. The number of para-hydroxylation sites is 1. The summed E-state index contributed by atoms with van der Waals surface area (Å²) in [4.78, 5) is 23.1. The lowest BCUT2D eigenvalue weighted by Crippen LogP contribution is -2.08. The zero-order valence-electron chi connectivity index (χ0n) is 11.4. The van der Waals surface area contributed by atoms with Crippen LogP contribution in [0.1, 0.15) is 26.3 Å². The standard InChI is InChI=1S/C16H13NO5/c17-15-11(7-10(18)8-12(15)16(21)22)14(20)6-5-9-3-1-2-4-13(9)19/h1-8,18-19H,17H2,(H,21,22). The van der Waals surface area contributed by atoms with E-state index in [1.165, 1.54) is 12.1 Å². The molecular formula is C16H13NO5. The molecule has 2 aromatic rings. The van der Waals surface area contributed by atoms with E-state index in [1.807, 2.05) is 0 Å². The van der Waals surface area contributed by atoms with Gasteiger partial charge in [0.05, 0.1) is 11.3 Å². The highest BCUT2D eigenvalue weighted by atomic mass is 16.4. The van der Waals surface area contributed by atoms with Crippen molar-refractivity contribution in [2.45, 2.75) is 0 Å². The lowest BCUT2D eigenvalue weighted by atomic mass is 10.0. The normalized spacial score (nSPS) is 10.7. The Morgan fingerprint density at radius 2 is 1.68 bits per heavy atom. The molecule has 6 nitrogen and oxygen atoms in total. The Kier molecular flexibility index (Phi) is 4.13. The zero-order chi connectivity index (χ0) is 16.3. The number of hydrogen-bond acceptors (Lipinski definition) is 5. The Balaban J connectivity index is 2.38. The number of carboxylic acid groups (broad SMARTS) is 1. The number of phenols is 2. The van der Waals surface area contributed by atoms with Gasteiger partial charge in [-0.3, -0.25) is 4.79 Å². The van der Waals surface area contributed by atoms with Gasteiger partial charge in [0.2, 0.25) is 0 Å². The van der Waals surface area contributed by atoms with E-state index >= 15 is 0 Å². The van der Waals surface area contributed by atoms with E-state index in [0.717, 1.165) is 18.2 Å². The van der Waals surface area contributed by atoms with E-state index in [9.17, 15) is 19.8 Å². The molecular weight excluding hydrogens is 286 g/mol. The fourth-order valence-corrected chi connectivity index (χ4v) is 1.90. The summed E-state index contributed by atoms with van der Waals surface area (Å²) >= 11 is 0. The SMILES string of the molecule is Nc1c(C(=O)O)cc(O)cc1C(=O)C=Cc1ccccc1O. The van der Waals surface area contributed by atoms with E-state index in [2.05, 4.69) is 0 Å². The highest BCUT2D eigenvalue weighted by Gasteiger charge is 2.17. The van der Waals surface area contributed by atoms with Crippen molar-refractivity contribution in [3.63, 3.8) is 0 Å². The number of nitrogens with two attached hydrogens (primary N) is 1. The summed E-state index contributed by atoms with van der Waals surface area (Å²) in [5.41, 5.74) is 5.39. The van der Waals surface area contributed by atoms with Crippen LogP contribution in [0.15, 0.2) is 42.5 Å². The highest BCUT2D eigenvalue weighted by Crippen LogP contribution is 2.25. The van der Waals surface area contributed by atoms with Gasteiger partial charge in [-0.15, -0.1) is 0 Å². The second-order valence-electron chi connectivity index (χ2n) is 4.52. The molecule has 0 spiro atoms. The van der Waals surface area contributed by atoms with Crippen molar-refractivity contribution in [2.75, 3.05) is 5.73 Å². The predicted molar refractivity (Wildman–Crippen MR) is 80.9 cm³/mol. The number of ketones is 1. The molecule has 5 N–H and O–H groups in total. The van der Waals surface area contributed by atoms with Crippen molar-refractivity contribution in [3.8, 4) is 11.5 Å². The second kappa shape index (κ2) is 6.01. The second-order valence-corrected chi connectivity index (χ2v) is 4.52. The topological polar surface area (TPSA) is 121 Å². The van der Waals surface area contributed by atoms with E-state index in [4.69, 9.17) is 10.8 Å². The van der Waals surface area contributed by atoms with Gasteiger partial charge in [-0.25, -0.2) is 4.79 Å². The minimum atomic E-state index is -1.34. The monoisotopic (exact) mass is 299 g/mol. The van der Waals surface area contributed by atoms with Crippen LogP contribution in [-0.2, 0) is 0 Å². The van der Waals surface area contributed by atoms with Gasteiger partial charge in [-0.1, -0.05) is 18.2 Å². The Labute approximate surface area is 125 Å². The number of hydrogen-bond donors (Lipinski definition) is 4. The molecule has 0 aliphatic heterocycles. The number of nitrogen functional groups attached to an aromatic ring is 1. The average molecular weight is 299 g/mol. The van der Waals surface area contributed by atoms with E-state index in [-0.39, 0.29) is 28.3 Å². The number of aromatic hydroxyl groups is 2. The molecule has 0 radical (unpaired) electrons. The lowest BCUT2D eigenvalue weighted by Gasteiger charge is -2.07. The van der Waals surface area contributed by atoms with Crippen LogP contribution >= 0.6 is 0 Å². The third-order valence-electron chi connectivity index (χ3n) is 3.01. The van der Waals surface area contributed by atoms with Gasteiger partial charge < -0.3 is 21.1 Å². The van der Waals surface area contributed by atoms with Crippen LogP contribution < -0.4 is 5.73 Å². The van der Waals surface area contributed by atoms with Crippen LogP contribution in [0, 0.1) is 0 Å². The highest BCUT2D eigenvalue weighted by molar-refractivity contribution is 6.13. The number of benzene rings is 2. The quantitative estimate of drug-likeness (QED) is 0.297. The molecule has 0 heterocycles. The molecule has 0 atom stereocenters. The Hall–Kier alpha value is -3.28. The third-order valence-corrected chi connectivity index (χ3v) is 3.01. The van der Waals surface area contributed by atoms with Crippen LogP contribution in [0.5, 0.6) is 11.5 Å². The molecule has 0 unspecified atom stereocenters. The zero-order valence-corrected chi connectivity index (χ0v) is 11.4. The molecule has 0 amide bonds.